The van der Waals surface area contributed by atoms with Crippen LogP contribution in [0.25, 0.3) is 0 Å². The smallest absolute Gasteiger partial charge is 0.323 e. The summed E-state index contributed by atoms with van der Waals surface area (Å²) >= 11 is 1.30. The summed E-state index contributed by atoms with van der Waals surface area (Å²) in [4.78, 5) is 28.6. The van der Waals surface area contributed by atoms with Gasteiger partial charge in [0.1, 0.15) is 0 Å². The van der Waals surface area contributed by atoms with Crippen molar-refractivity contribution in [1.82, 2.24) is 10.2 Å². The quantitative estimate of drug-likeness (QED) is 0.581. The van der Waals surface area contributed by atoms with Gasteiger partial charge in [0.2, 0.25) is 11.1 Å². The van der Waals surface area contributed by atoms with E-state index in [0.717, 1.165) is 0 Å². The summed E-state index contributed by atoms with van der Waals surface area (Å²) in [5, 5.41) is 6.31. The summed E-state index contributed by atoms with van der Waals surface area (Å²) in [6, 6.07) is 0. The Labute approximate surface area is 98.4 Å². The van der Waals surface area contributed by atoms with Gasteiger partial charge in [-0.15, -0.1) is 0 Å². The molecule has 0 saturated carbocycles. The Morgan fingerprint density at radius 3 is 2.75 bits per heavy atom. The molecular weight excluding hydrogens is 230 g/mol. The predicted molar refractivity (Wildman–Crippen MR) is 62.0 cm³/mol. The summed E-state index contributed by atoms with van der Waals surface area (Å²) in [6.07, 6.45) is 0.0406. The first-order valence-corrected chi connectivity index (χ1v) is 5.70. The molecule has 6 nitrogen and oxygen atoms in total. The van der Waals surface area contributed by atoms with Crippen molar-refractivity contribution in [1.29, 1.82) is 0 Å². The molecule has 1 fully saturated rings. The number of nitrogens with one attached hydrogen (secondary N) is 1. The largest absolute Gasteiger partial charge is 0.433 e. The molecule has 7 heteroatoms. The maximum atomic E-state index is 11.9. The van der Waals surface area contributed by atoms with E-state index in [1.807, 2.05) is 13.8 Å². The van der Waals surface area contributed by atoms with Crippen LogP contribution >= 0.6 is 11.8 Å². The molecule has 1 N–H and O–H groups in total. The van der Waals surface area contributed by atoms with Crippen molar-refractivity contribution >= 4 is 28.9 Å². The van der Waals surface area contributed by atoms with Crippen molar-refractivity contribution in [3.63, 3.8) is 0 Å². The molecule has 1 atom stereocenters. The molecule has 0 aromatic rings. The predicted octanol–water partition coefficient (Wildman–Crippen LogP) is 0.987. The second kappa shape index (κ2) is 4.73. The fraction of sp³-hybridized carbons (Fsp3) is 0.667. The number of carbonyl (C=O) groups is 2. The molecule has 0 radical (unpaired) electrons. The van der Waals surface area contributed by atoms with Crippen molar-refractivity contribution in [2.45, 2.75) is 25.0 Å². The van der Waals surface area contributed by atoms with Crippen LogP contribution in [-0.4, -0.2) is 40.9 Å². The van der Waals surface area contributed by atoms with Gasteiger partial charge >= 0.3 is 6.09 Å². The minimum atomic E-state index is -0.654. The van der Waals surface area contributed by atoms with Crippen molar-refractivity contribution < 1.29 is 14.4 Å². The monoisotopic (exact) mass is 245 g/mol. The zero-order valence-corrected chi connectivity index (χ0v) is 10.6. The van der Waals surface area contributed by atoms with Crippen LogP contribution in [0.2, 0.25) is 0 Å². The molecule has 90 valence electrons. The molecule has 1 rings (SSSR count). The van der Waals surface area contributed by atoms with Gasteiger partial charge in [-0.3, -0.25) is 14.5 Å². The lowest BCUT2D eigenvalue weighted by molar-refractivity contribution is -0.127. The van der Waals surface area contributed by atoms with Crippen molar-refractivity contribution in [3.8, 4) is 0 Å². The molecule has 0 aromatic carbocycles. The Balaban J connectivity index is 2.78. The maximum absolute atomic E-state index is 11.9. The third kappa shape index (κ3) is 2.29. The third-order valence-electron chi connectivity index (χ3n) is 2.45. The third-order valence-corrected chi connectivity index (χ3v) is 3.89. The van der Waals surface area contributed by atoms with Crippen molar-refractivity contribution in [2.75, 3.05) is 14.1 Å². The van der Waals surface area contributed by atoms with Crippen LogP contribution in [0.1, 0.15) is 20.3 Å². The first kappa shape index (κ1) is 12.8. The van der Waals surface area contributed by atoms with Gasteiger partial charge in [-0.25, -0.2) is 4.79 Å². The summed E-state index contributed by atoms with van der Waals surface area (Å²) in [5.74, 6) is -0.0285. The molecule has 1 heterocycles. The molecule has 1 saturated heterocycles. The normalized spacial score (nSPS) is 27.4. The second-order valence-corrected chi connectivity index (χ2v) is 5.02. The SMILES string of the molecule is CCC1(C)SC(=NOC(=O)NC)N(C)C1=O. The van der Waals surface area contributed by atoms with Crippen LogP contribution in [0.5, 0.6) is 0 Å². The standard InChI is InChI=1S/C9H15N3O3S/c1-5-9(2)6(13)12(4)7(16-9)11-15-8(14)10-3/h5H2,1-4H3,(H,10,14). The summed E-state index contributed by atoms with van der Waals surface area (Å²) < 4.78 is -0.514. The number of nitrogens with zero attached hydrogens (tertiary/aromatic N) is 2. The van der Waals surface area contributed by atoms with Gasteiger partial charge in [0.05, 0.1) is 4.75 Å². The van der Waals surface area contributed by atoms with E-state index >= 15 is 0 Å². The van der Waals surface area contributed by atoms with Gasteiger partial charge < -0.3 is 5.32 Å². The van der Waals surface area contributed by atoms with E-state index < -0.39 is 10.8 Å². The molecule has 0 bridgehead atoms. The maximum Gasteiger partial charge on any atom is 0.433 e. The van der Waals surface area contributed by atoms with E-state index in [2.05, 4.69) is 15.3 Å². The molecular formula is C9H15N3O3S. The van der Waals surface area contributed by atoms with E-state index in [-0.39, 0.29) is 5.91 Å². The van der Waals surface area contributed by atoms with Crippen molar-refractivity contribution in [2.24, 2.45) is 5.16 Å². The Hall–Kier alpha value is -1.24. The van der Waals surface area contributed by atoms with Gasteiger partial charge in [-0.05, 0) is 18.5 Å². The number of rotatable bonds is 2. The Kier molecular flexibility index (Phi) is 3.79. The molecule has 1 unspecified atom stereocenters. The van der Waals surface area contributed by atoms with E-state index in [0.29, 0.717) is 11.6 Å². The first-order chi connectivity index (χ1) is 7.44. The van der Waals surface area contributed by atoms with Crippen LogP contribution in [0.4, 0.5) is 4.79 Å². The Bertz CT molecular complexity index is 345. The lowest BCUT2D eigenvalue weighted by atomic mass is 10.1. The zero-order chi connectivity index (χ0) is 12.3. The number of amides is 2. The molecule has 0 spiro atoms. The Morgan fingerprint density at radius 1 is 1.69 bits per heavy atom. The van der Waals surface area contributed by atoms with Crippen LogP contribution in [0.3, 0.4) is 0 Å². The number of carbonyl (C=O) groups excluding carboxylic acids is 2. The number of hydrogen-bond acceptors (Lipinski definition) is 5. The molecule has 16 heavy (non-hydrogen) atoms. The molecule has 2 amide bonds. The van der Waals surface area contributed by atoms with Crippen LogP contribution in [0.15, 0.2) is 5.16 Å². The van der Waals surface area contributed by atoms with Crippen molar-refractivity contribution in [3.05, 3.63) is 0 Å². The summed E-state index contributed by atoms with van der Waals surface area (Å²) in [6.45, 7) is 3.78. The second-order valence-electron chi connectivity index (χ2n) is 3.55. The highest BCUT2D eigenvalue weighted by molar-refractivity contribution is 8.16. The molecule has 1 aliphatic rings. The van der Waals surface area contributed by atoms with Gasteiger partial charge in [0.25, 0.3) is 0 Å². The number of amidine groups is 1. The highest BCUT2D eigenvalue weighted by atomic mass is 32.2. The lowest BCUT2D eigenvalue weighted by Crippen LogP contribution is -2.34. The van der Waals surface area contributed by atoms with Crippen LogP contribution in [-0.2, 0) is 9.63 Å². The van der Waals surface area contributed by atoms with E-state index in [9.17, 15) is 9.59 Å². The molecule has 0 aliphatic carbocycles. The average Bonchev–Trinajstić information content (AvgIpc) is 2.51. The molecule has 0 aromatic heterocycles. The average molecular weight is 245 g/mol. The van der Waals surface area contributed by atoms with Gasteiger partial charge in [-0.2, -0.15) is 0 Å². The zero-order valence-electron chi connectivity index (χ0n) is 9.73. The number of hydrogen-bond donors (Lipinski definition) is 1. The van der Waals surface area contributed by atoms with Crippen LogP contribution in [0, 0.1) is 0 Å². The topological polar surface area (TPSA) is 71.0 Å². The van der Waals surface area contributed by atoms with Gasteiger partial charge in [-0.1, -0.05) is 18.7 Å². The summed E-state index contributed by atoms with van der Waals surface area (Å²) in [5.41, 5.74) is 0. The highest BCUT2D eigenvalue weighted by Gasteiger charge is 2.45. The highest BCUT2D eigenvalue weighted by Crippen LogP contribution is 2.38. The van der Waals surface area contributed by atoms with E-state index in [1.54, 1.807) is 7.05 Å². The van der Waals surface area contributed by atoms with E-state index in [1.165, 1.54) is 23.7 Å². The van der Waals surface area contributed by atoms with Gasteiger partial charge in [0.15, 0.2) is 0 Å². The fourth-order valence-electron chi connectivity index (χ4n) is 1.18. The van der Waals surface area contributed by atoms with E-state index in [4.69, 9.17) is 0 Å². The lowest BCUT2D eigenvalue weighted by Gasteiger charge is -2.16. The summed E-state index contributed by atoms with van der Waals surface area (Å²) in [7, 11) is 3.05. The van der Waals surface area contributed by atoms with Crippen LogP contribution < -0.4 is 5.32 Å². The first-order valence-electron chi connectivity index (χ1n) is 4.88. The van der Waals surface area contributed by atoms with Gasteiger partial charge in [0, 0.05) is 14.1 Å². The minimum Gasteiger partial charge on any atom is -0.323 e. The fourth-order valence-corrected chi connectivity index (χ4v) is 2.25. The number of oxime groups is 1. The molecule has 1 aliphatic heterocycles. The Morgan fingerprint density at radius 2 is 2.31 bits per heavy atom. The minimum absolute atomic E-state index is 0.0285. The number of thioether (sulfide) groups is 1.